The Hall–Kier alpha value is -2.00. The van der Waals surface area contributed by atoms with E-state index >= 15 is 0 Å². The SMILES string of the molecule is COC(=O)[C@@H](C)N1C(=O)S/C(=C\c2cc(Br)cc(OC)c2O)C1=O. The van der Waals surface area contributed by atoms with E-state index in [0.29, 0.717) is 21.8 Å². The van der Waals surface area contributed by atoms with Crippen molar-refractivity contribution in [2.24, 2.45) is 0 Å². The lowest BCUT2D eigenvalue weighted by Gasteiger charge is -2.18. The van der Waals surface area contributed by atoms with Crippen molar-refractivity contribution in [1.29, 1.82) is 0 Å². The molecule has 0 unspecified atom stereocenters. The van der Waals surface area contributed by atoms with Crippen molar-refractivity contribution in [2.45, 2.75) is 13.0 Å². The zero-order valence-electron chi connectivity index (χ0n) is 13.0. The number of hydrogen-bond acceptors (Lipinski definition) is 7. The van der Waals surface area contributed by atoms with Crippen molar-refractivity contribution in [2.75, 3.05) is 14.2 Å². The van der Waals surface area contributed by atoms with Crippen LogP contribution in [0.4, 0.5) is 4.79 Å². The van der Waals surface area contributed by atoms with Gasteiger partial charge in [0.2, 0.25) is 0 Å². The largest absolute Gasteiger partial charge is 0.504 e. The Morgan fingerprint density at radius 3 is 2.62 bits per heavy atom. The van der Waals surface area contributed by atoms with E-state index in [1.165, 1.54) is 27.2 Å². The predicted octanol–water partition coefficient (Wildman–Crippen LogP) is 2.76. The second-order valence-electron chi connectivity index (χ2n) is 4.80. The highest BCUT2D eigenvalue weighted by atomic mass is 79.9. The van der Waals surface area contributed by atoms with Crippen LogP contribution in [-0.4, -0.2) is 47.4 Å². The average molecular weight is 416 g/mol. The predicted molar refractivity (Wildman–Crippen MR) is 91.6 cm³/mol. The molecule has 1 saturated heterocycles. The first kappa shape index (κ1) is 18.3. The molecule has 2 rings (SSSR count). The van der Waals surface area contributed by atoms with Crippen LogP contribution in [0.3, 0.4) is 0 Å². The Bertz CT molecular complexity index is 748. The number of amides is 2. The summed E-state index contributed by atoms with van der Waals surface area (Å²) < 4.78 is 10.2. The topological polar surface area (TPSA) is 93.1 Å². The molecule has 1 aromatic carbocycles. The Morgan fingerprint density at radius 1 is 1.38 bits per heavy atom. The summed E-state index contributed by atoms with van der Waals surface area (Å²) >= 11 is 3.96. The molecule has 0 saturated carbocycles. The zero-order valence-corrected chi connectivity index (χ0v) is 15.4. The van der Waals surface area contributed by atoms with Crippen LogP contribution in [0.15, 0.2) is 21.5 Å². The number of rotatable bonds is 4. The molecule has 1 aliphatic heterocycles. The number of nitrogens with zero attached hydrogens (tertiary/aromatic N) is 1. The van der Waals surface area contributed by atoms with Gasteiger partial charge in [-0.15, -0.1) is 0 Å². The third-order valence-electron chi connectivity index (χ3n) is 3.33. The lowest BCUT2D eigenvalue weighted by molar-refractivity contribution is -0.148. The quantitative estimate of drug-likeness (QED) is 0.596. The second-order valence-corrected chi connectivity index (χ2v) is 6.71. The molecule has 1 aliphatic rings. The molecule has 1 heterocycles. The van der Waals surface area contributed by atoms with Gasteiger partial charge in [0.25, 0.3) is 11.1 Å². The van der Waals surface area contributed by atoms with Crippen molar-refractivity contribution in [3.63, 3.8) is 0 Å². The van der Waals surface area contributed by atoms with Gasteiger partial charge in [-0.05, 0) is 36.9 Å². The highest BCUT2D eigenvalue weighted by Crippen LogP contribution is 2.39. The molecular formula is C15H14BrNO6S. The van der Waals surface area contributed by atoms with E-state index in [-0.39, 0.29) is 16.4 Å². The Balaban J connectivity index is 2.39. The van der Waals surface area contributed by atoms with Crippen LogP contribution in [-0.2, 0) is 14.3 Å². The maximum Gasteiger partial charge on any atom is 0.328 e. The first-order chi connectivity index (χ1) is 11.3. The van der Waals surface area contributed by atoms with Crippen LogP contribution in [0.1, 0.15) is 12.5 Å². The van der Waals surface area contributed by atoms with Gasteiger partial charge in [-0.1, -0.05) is 15.9 Å². The van der Waals surface area contributed by atoms with Gasteiger partial charge in [-0.25, -0.2) is 4.79 Å². The molecule has 7 nitrogen and oxygen atoms in total. The third kappa shape index (κ3) is 3.41. The van der Waals surface area contributed by atoms with Crippen molar-refractivity contribution in [3.8, 4) is 11.5 Å². The molecule has 1 aromatic rings. The van der Waals surface area contributed by atoms with E-state index in [9.17, 15) is 19.5 Å². The van der Waals surface area contributed by atoms with Gasteiger partial charge < -0.3 is 14.6 Å². The fraction of sp³-hybridized carbons (Fsp3) is 0.267. The van der Waals surface area contributed by atoms with E-state index in [1.54, 1.807) is 12.1 Å². The minimum atomic E-state index is -1.03. The number of thioether (sulfide) groups is 1. The summed E-state index contributed by atoms with van der Waals surface area (Å²) in [6.07, 6.45) is 1.37. The molecular weight excluding hydrogens is 402 g/mol. The standard InChI is InChI=1S/C15H14BrNO6S/c1-7(14(20)23-3)17-13(19)11(24-15(17)21)5-8-4-9(16)6-10(22-2)12(8)18/h4-7,18H,1-3H3/b11-5-/t7-/m1/s1. The maximum absolute atomic E-state index is 12.4. The van der Waals surface area contributed by atoms with Crippen molar-refractivity contribution in [3.05, 3.63) is 27.1 Å². The number of halogens is 1. The zero-order chi connectivity index (χ0) is 18.0. The van der Waals surface area contributed by atoms with E-state index in [4.69, 9.17) is 4.74 Å². The third-order valence-corrected chi connectivity index (χ3v) is 4.67. The number of carbonyl (C=O) groups is 3. The van der Waals surface area contributed by atoms with Crippen LogP contribution in [0.25, 0.3) is 6.08 Å². The summed E-state index contributed by atoms with van der Waals surface area (Å²) in [4.78, 5) is 37.0. The highest BCUT2D eigenvalue weighted by molar-refractivity contribution is 9.10. The molecule has 2 amide bonds. The van der Waals surface area contributed by atoms with E-state index in [1.807, 2.05) is 0 Å². The molecule has 0 radical (unpaired) electrons. The Morgan fingerprint density at radius 2 is 2.04 bits per heavy atom. The van der Waals surface area contributed by atoms with Crippen LogP contribution in [0, 0.1) is 0 Å². The second kappa shape index (κ2) is 7.27. The van der Waals surface area contributed by atoms with Crippen molar-refractivity contribution < 1.29 is 29.0 Å². The van der Waals surface area contributed by atoms with E-state index in [2.05, 4.69) is 20.7 Å². The van der Waals surface area contributed by atoms with Gasteiger partial charge in [0.05, 0.1) is 19.1 Å². The fourth-order valence-electron chi connectivity index (χ4n) is 2.09. The van der Waals surface area contributed by atoms with Crippen molar-refractivity contribution in [1.82, 2.24) is 4.90 Å². The summed E-state index contributed by atoms with van der Waals surface area (Å²) in [5.41, 5.74) is 0.303. The Labute approximate surface area is 150 Å². The van der Waals surface area contributed by atoms with Crippen LogP contribution >= 0.6 is 27.7 Å². The van der Waals surface area contributed by atoms with Gasteiger partial charge >= 0.3 is 5.97 Å². The molecule has 1 fully saturated rings. The number of phenols is 1. The number of imide groups is 1. The van der Waals surface area contributed by atoms with Crippen molar-refractivity contribution >= 4 is 50.9 Å². The van der Waals surface area contributed by atoms with E-state index < -0.39 is 23.2 Å². The fourth-order valence-corrected chi connectivity index (χ4v) is 3.44. The molecule has 0 aromatic heterocycles. The molecule has 1 atom stereocenters. The molecule has 0 aliphatic carbocycles. The smallest absolute Gasteiger partial charge is 0.328 e. The molecule has 0 bridgehead atoms. The minimum Gasteiger partial charge on any atom is -0.504 e. The molecule has 128 valence electrons. The van der Waals surface area contributed by atoms with Crippen LogP contribution < -0.4 is 4.74 Å². The summed E-state index contributed by atoms with van der Waals surface area (Å²) in [7, 11) is 2.58. The summed E-state index contributed by atoms with van der Waals surface area (Å²) in [5, 5.41) is 9.57. The number of phenolic OH excluding ortho intramolecular Hbond substituents is 1. The highest BCUT2D eigenvalue weighted by Gasteiger charge is 2.41. The summed E-state index contributed by atoms with van der Waals surface area (Å²) in [6, 6.07) is 2.12. The van der Waals surface area contributed by atoms with Gasteiger partial charge in [0, 0.05) is 10.0 Å². The number of hydrogen-bond donors (Lipinski definition) is 1. The number of ether oxygens (including phenoxy) is 2. The first-order valence-corrected chi connectivity index (χ1v) is 8.32. The van der Waals surface area contributed by atoms with Crippen LogP contribution in [0.2, 0.25) is 0 Å². The number of aromatic hydroxyl groups is 1. The lowest BCUT2D eigenvalue weighted by atomic mass is 10.1. The maximum atomic E-state index is 12.4. The number of benzene rings is 1. The minimum absolute atomic E-state index is 0.0891. The van der Waals surface area contributed by atoms with Crippen LogP contribution in [0.5, 0.6) is 11.5 Å². The van der Waals surface area contributed by atoms with Gasteiger partial charge in [0.1, 0.15) is 6.04 Å². The number of carbonyl (C=O) groups excluding carboxylic acids is 3. The van der Waals surface area contributed by atoms with Gasteiger partial charge in [0.15, 0.2) is 11.5 Å². The first-order valence-electron chi connectivity index (χ1n) is 6.71. The van der Waals surface area contributed by atoms with Gasteiger partial charge in [-0.2, -0.15) is 0 Å². The molecule has 1 N–H and O–H groups in total. The number of esters is 1. The Kier molecular flexibility index (Phi) is 5.55. The average Bonchev–Trinajstić information content (AvgIpc) is 2.82. The van der Waals surface area contributed by atoms with Gasteiger partial charge in [-0.3, -0.25) is 14.5 Å². The van der Waals surface area contributed by atoms with E-state index in [0.717, 1.165) is 4.90 Å². The lowest BCUT2D eigenvalue weighted by Crippen LogP contribution is -2.42. The normalized spacial score (nSPS) is 17.3. The molecule has 9 heteroatoms. The number of methoxy groups -OCH3 is 2. The summed E-state index contributed by atoms with van der Waals surface area (Å²) in [5.74, 6) is -1.25. The summed E-state index contributed by atoms with van der Waals surface area (Å²) in [6.45, 7) is 1.41. The molecule has 0 spiro atoms. The monoisotopic (exact) mass is 415 g/mol. The molecule has 24 heavy (non-hydrogen) atoms.